The Kier molecular flexibility index (Phi) is 5.19. The number of nitrogens with zero attached hydrogens (tertiary/aromatic N) is 1. The van der Waals surface area contributed by atoms with Gasteiger partial charge in [-0.2, -0.15) is 0 Å². The van der Waals surface area contributed by atoms with Gasteiger partial charge >= 0.3 is 0 Å². The molecule has 0 aliphatic heterocycles. The normalized spacial score (nSPS) is 13.6. The minimum absolute atomic E-state index is 0.0931. The maximum absolute atomic E-state index is 11.8. The number of halogens is 2. The van der Waals surface area contributed by atoms with E-state index in [9.17, 15) is 8.42 Å². The highest BCUT2D eigenvalue weighted by Gasteiger charge is 2.18. The van der Waals surface area contributed by atoms with Crippen LogP contribution in [0.2, 0.25) is 10.0 Å². The van der Waals surface area contributed by atoms with Crippen molar-refractivity contribution in [1.29, 1.82) is 0 Å². The Balaban J connectivity index is 2.83. The Bertz CT molecular complexity index is 490. The Morgan fingerprint density at radius 1 is 1.47 bits per heavy atom. The average Bonchev–Trinajstić information content (AvgIpc) is 2.21. The molecule has 0 aliphatic rings. The van der Waals surface area contributed by atoms with Crippen molar-refractivity contribution in [2.24, 2.45) is 5.92 Å². The number of hydrogen-bond acceptors (Lipinski definition) is 4. The standard InChI is InChI=1S/C10H13Cl2NO3S/c1-7(4-14)5-17(15,16)6-10-9(12)2-8(11)3-13-10/h2-3,7,14H,4-6H2,1H3. The molecule has 0 amide bonds. The van der Waals surface area contributed by atoms with Crippen molar-refractivity contribution in [1.82, 2.24) is 4.98 Å². The van der Waals surface area contributed by atoms with Gasteiger partial charge in [-0.3, -0.25) is 4.98 Å². The molecule has 0 aliphatic carbocycles. The molecule has 0 bridgehead atoms. The SMILES string of the molecule is CC(CO)CS(=O)(=O)Cc1ncc(Cl)cc1Cl. The van der Waals surface area contributed by atoms with Gasteiger partial charge in [-0.25, -0.2) is 8.42 Å². The molecule has 17 heavy (non-hydrogen) atoms. The zero-order valence-corrected chi connectivity index (χ0v) is 11.6. The van der Waals surface area contributed by atoms with E-state index in [1.54, 1.807) is 6.92 Å². The first kappa shape index (κ1) is 14.7. The van der Waals surface area contributed by atoms with Crippen LogP contribution in [0.4, 0.5) is 0 Å². The monoisotopic (exact) mass is 297 g/mol. The van der Waals surface area contributed by atoms with Crippen molar-refractivity contribution in [3.63, 3.8) is 0 Å². The van der Waals surface area contributed by atoms with Crippen LogP contribution in [-0.4, -0.2) is 30.9 Å². The molecule has 7 heteroatoms. The van der Waals surface area contributed by atoms with Gasteiger partial charge in [0.15, 0.2) is 9.84 Å². The summed E-state index contributed by atoms with van der Waals surface area (Å²) in [6, 6.07) is 1.45. The van der Waals surface area contributed by atoms with Gasteiger partial charge in [0, 0.05) is 12.8 Å². The van der Waals surface area contributed by atoms with Gasteiger partial charge in [-0.1, -0.05) is 30.1 Å². The number of rotatable bonds is 5. The van der Waals surface area contributed by atoms with Crippen LogP contribution in [0, 0.1) is 5.92 Å². The summed E-state index contributed by atoms with van der Waals surface area (Å²) < 4.78 is 23.5. The smallest absolute Gasteiger partial charge is 0.156 e. The van der Waals surface area contributed by atoms with Crippen molar-refractivity contribution in [3.05, 3.63) is 28.0 Å². The number of aliphatic hydroxyl groups is 1. The van der Waals surface area contributed by atoms with Crippen molar-refractivity contribution >= 4 is 33.0 Å². The number of hydrogen-bond donors (Lipinski definition) is 1. The van der Waals surface area contributed by atoms with E-state index >= 15 is 0 Å². The maximum Gasteiger partial charge on any atom is 0.156 e. The minimum Gasteiger partial charge on any atom is -0.396 e. The van der Waals surface area contributed by atoms with Gasteiger partial charge in [0.05, 0.1) is 27.2 Å². The zero-order valence-electron chi connectivity index (χ0n) is 9.23. The zero-order chi connectivity index (χ0) is 13.1. The number of sulfone groups is 1. The van der Waals surface area contributed by atoms with Crippen molar-refractivity contribution in [3.8, 4) is 0 Å². The first-order valence-electron chi connectivity index (χ1n) is 4.95. The lowest BCUT2D eigenvalue weighted by Crippen LogP contribution is -2.18. The summed E-state index contributed by atoms with van der Waals surface area (Å²) in [5, 5.41) is 9.43. The molecule has 0 radical (unpaired) electrons. The quantitative estimate of drug-likeness (QED) is 0.902. The van der Waals surface area contributed by atoms with Crippen LogP contribution < -0.4 is 0 Å². The molecule has 1 heterocycles. The summed E-state index contributed by atoms with van der Waals surface area (Å²) in [4.78, 5) is 3.89. The van der Waals surface area contributed by atoms with Crippen molar-refractivity contribution in [2.75, 3.05) is 12.4 Å². The van der Waals surface area contributed by atoms with Crippen LogP contribution in [0.15, 0.2) is 12.3 Å². The molecular formula is C10H13Cl2NO3S. The summed E-state index contributed by atoms with van der Waals surface area (Å²) in [5.74, 6) is -0.636. The van der Waals surface area contributed by atoms with Crippen LogP contribution in [-0.2, 0) is 15.6 Å². The Hall–Kier alpha value is -0.360. The number of aliphatic hydroxyl groups excluding tert-OH is 1. The third-order valence-corrected chi connectivity index (χ3v) is 4.41. The van der Waals surface area contributed by atoms with E-state index in [0.29, 0.717) is 5.02 Å². The largest absolute Gasteiger partial charge is 0.396 e. The van der Waals surface area contributed by atoms with Gasteiger partial charge in [-0.15, -0.1) is 0 Å². The first-order chi connectivity index (χ1) is 7.84. The predicted octanol–water partition coefficient (Wildman–Crippen LogP) is 1.93. The molecule has 1 unspecified atom stereocenters. The van der Waals surface area contributed by atoms with Crippen LogP contribution >= 0.6 is 23.2 Å². The van der Waals surface area contributed by atoms with Crippen molar-refractivity contribution < 1.29 is 13.5 Å². The van der Waals surface area contributed by atoms with E-state index in [4.69, 9.17) is 28.3 Å². The molecule has 1 atom stereocenters. The molecular weight excluding hydrogens is 285 g/mol. The van der Waals surface area contributed by atoms with E-state index in [0.717, 1.165) is 0 Å². The fraction of sp³-hybridized carbons (Fsp3) is 0.500. The Morgan fingerprint density at radius 3 is 2.65 bits per heavy atom. The van der Waals surface area contributed by atoms with Crippen LogP contribution in [0.25, 0.3) is 0 Å². The lowest BCUT2D eigenvalue weighted by molar-refractivity contribution is 0.249. The third-order valence-electron chi connectivity index (χ3n) is 2.09. The third kappa shape index (κ3) is 4.79. The molecule has 0 spiro atoms. The van der Waals surface area contributed by atoms with Gasteiger partial charge in [0.1, 0.15) is 0 Å². The molecule has 1 aromatic heterocycles. The first-order valence-corrected chi connectivity index (χ1v) is 7.53. The fourth-order valence-corrected chi connectivity index (χ4v) is 3.57. The van der Waals surface area contributed by atoms with Gasteiger partial charge in [0.25, 0.3) is 0 Å². The van der Waals surface area contributed by atoms with Crippen LogP contribution in [0.1, 0.15) is 12.6 Å². The molecule has 96 valence electrons. The maximum atomic E-state index is 11.8. The van der Waals surface area contributed by atoms with Crippen LogP contribution in [0.5, 0.6) is 0 Å². The second-order valence-corrected chi connectivity index (χ2v) is 6.88. The highest BCUT2D eigenvalue weighted by atomic mass is 35.5. The van der Waals surface area contributed by atoms with Gasteiger partial charge < -0.3 is 5.11 Å². The van der Waals surface area contributed by atoms with E-state index < -0.39 is 9.84 Å². The second kappa shape index (κ2) is 6.00. The molecule has 0 saturated heterocycles. The van der Waals surface area contributed by atoms with Gasteiger partial charge in [-0.05, 0) is 12.0 Å². The highest BCUT2D eigenvalue weighted by Crippen LogP contribution is 2.20. The average molecular weight is 298 g/mol. The van der Waals surface area contributed by atoms with E-state index in [-0.39, 0.29) is 34.7 Å². The predicted molar refractivity (Wildman–Crippen MR) is 68.0 cm³/mol. The van der Waals surface area contributed by atoms with E-state index in [2.05, 4.69) is 4.98 Å². The van der Waals surface area contributed by atoms with Gasteiger partial charge in [0.2, 0.25) is 0 Å². The number of aromatic nitrogens is 1. The molecule has 0 fully saturated rings. The molecule has 0 saturated carbocycles. The lowest BCUT2D eigenvalue weighted by Gasteiger charge is -2.09. The summed E-state index contributed by atoms with van der Waals surface area (Å²) >= 11 is 11.5. The molecule has 1 aromatic rings. The molecule has 4 nitrogen and oxygen atoms in total. The molecule has 1 N–H and O–H groups in total. The fourth-order valence-electron chi connectivity index (χ4n) is 1.30. The van der Waals surface area contributed by atoms with E-state index in [1.165, 1.54) is 12.3 Å². The van der Waals surface area contributed by atoms with Crippen LogP contribution in [0.3, 0.4) is 0 Å². The molecule has 0 aromatic carbocycles. The lowest BCUT2D eigenvalue weighted by atomic mass is 10.2. The Labute approximate surface area is 111 Å². The van der Waals surface area contributed by atoms with Crippen molar-refractivity contribution in [2.45, 2.75) is 12.7 Å². The summed E-state index contributed by atoms with van der Waals surface area (Å²) in [6.45, 7) is 1.50. The summed E-state index contributed by atoms with van der Waals surface area (Å²) in [5.41, 5.74) is 0.279. The summed E-state index contributed by atoms with van der Waals surface area (Å²) in [7, 11) is -3.33. The summed E-state index contributed by atoms with van der Waals surface area (Å²) in [6.07, 6.45) is 1.35. The second-order valence-electron chi connectivity index (χ2n) is 3.92. The number of pyridine rings is 1. The topological polar surface area (TPSA) is 67.3 Å². The highest BCUT2D eigenvalue weighted by molar-refractivity contribution is 7.90. The molecule has 1 rings (SSSR count). The van der Waals surface area contributed by atoms with E-state index in [1.807, 2.05) is 0 Å². The Morgan fingerprint density at radius 2 is 2.12 bits per heavy atom. The minimum atomic E-state index is -3.33.